The molecule has 0 unspecified atom stereocenters. The number of aromatic hydroxyl groups is 1. The van der Waals surface area contributed by atoms with Crippen LogP contribution in [0.5, 0.6) is 5.75 Å². The van der Waals surface area contributed by atoms with Crippen molar-refractivity contribution in [2.24, 2.45) is 28.9 Å². The molecule has 42 nitrogen and oxygen atoms in total. The number of aliphatic hydroxyl groups excluding tert-OH is 1. The van der Waals surface area contributed by atoms with Crippen LogP contribution in [0.25, 0.3) is 21.8 Å². The second kappa shape index (κ2) is 60.5. The van der Waals surface area contributed by atoms with Gasteiger partial charge in [0, 0.05) is 104 Å². The van der Waals surface area contributed by atoms with Crippen LogP contribution in [0.3, 0.4) is 0 Å². The second-order valence-corrected chi connectivity index (χ2v) is 34.9. The Morgan fingerprint density at radius 2 is 0.757 bits per heavy atom. The normalized spacial score (nSPS) is 14.1. The van der Waals surface area contributed by atoms with Crippen molar-refractivity contribution in [3.63, 3.8) is 0 Å². The number of nitrogens with one attached hydrogen (secondary N) is 16. The molecule has 13 atom stereocenters. The summed E-state index contributed by atoms with van der Waals surface area (Å²) in [5.41, 5.74) is 24.2. The third-order valence-electron chi connectivity index (χ3n) is 22.3. The molecule has 5 aromatic rings. The lowest BCUT2D eigenvalue weighted by atomic mass is 9.99. The summed E-state index contributed by atoms with van der Waals surface area (Å²) in [7, 11) is 0. The standard InChI is InChI=1S/C92H136N20O22S2/c1-6-7-8-9-10-11-12-13-14-15-16-17-18-30-78(120)97-41-24-23-29-63(81(123)100-49-77(96)119)102-89(131)71(46-76(95)118)109-82(124)66(37-40-79(121)122)104-85(127)67(42-52(2)3)106-88(130)69(44-56-47-98-61-27-21-19-25-59(56)61)108-86(128)68(43-55-31-33-58(115)34-32-55)107-91(133)73(51-136)111-83(125)64(35-38-74(93)116)103-87(129)70(45-57-48-99-62-28-22-20-26-60(57)62)110-92(134)80(53(4)113)112-84(126)65(36-39-75(94)117)105-90(132)72(50-135)101-54(5)114/h19-22,25-28,31-34,47-48,52-53,63-73,80,98-99,113,115,135-136H,6-18,23-24,29-30,35-46,49-51H2,1-5H3,(H2,93,116)(H2,94,117)(H2,95,118)(H2,96,119)(H,97,120)(H,100,123)(H,101,114)(H,102,131)(H,103,129)(H,104,127)(H,105,132)(H,106,130)(H,107,133)(H,108,128)(H,109,124)(H,110,134)(H,111,125)(H,112,126)(H,121,122)/t53-,63+,64+,65+,66+,67+,68+,69+,70+,71+,72+,73+,80+/m1/s1. The maximum absolute atomic E-state index is 15.3. The summed E-state index contributed by atoms with van der Waals surface area (Å²) in [6.07, 6.45) is 11.2. The van der Waals surface area contributed by atoms with Crippen LogP contribution in [0.2, 0.25) is 0 Å². The van der Waals surface area contributed by atoms with Gasteiger partial charge >= 0.3 is 5.97 Å². The molecule has 2 heterocycles. The van der Waals surface area contributed by atoms with E-state index in [0.29, 0.717) is 57.8 Å². The number of aliphatic hydroxyl groups is 1. The monoisotopic (exact) mass is 1940 g/mol. The predicted molar refractivity (Wildman–Crippen MR) is 510 cm³/mol. The van der Waals surface area contributed by atoms with Gasteiger partial charge in [-0.25, -0.2) is 0 Å². The summed E-state index contributed by atoms with van der Waals surface area (Å²) in [6.45, 7) is 7.35. The van der Waals surface area contributed by atoms with E-state index >= 15 is 9.59 Å². The fourth-order valence-electron chi connectivity index (χ4n) is 15.0. The number of nitrogens with two attached hydrogens (primary N) is 4. The Hall–Kier alpha value is -12.9. The Morgan fingerprint density at radius 3 is 1.20 bits per heavy atom. The number of aromatic nitrogens is 2. The number of amides is 18. The minimum Gasteiger partial charge on any atom is -0.508 e. The fraction of sp³-hybridized carbons (Fsp3) is 0.554. The third kappa shape index (κ3) is 42.0. The number of rotatable bonds is 67. The molecule has 136 heavy (non-hydrogen) atoms. The van der Waals surface area contributed by atoms with E-state index in [0.717, 1.165) is 39.5 Å². The van der Waals surface area contributed by atoms with Crippen molar-refractivity contribution in [1.29, 1.82) is 0 Å². The number of unbranched alkanes of at least 4 members (excludes halogenated alkanes) is 13. The van der Waals surface area contributed by atoms with E-state index in [1.54, 1.807) is 68.6 Å². The van der Waals surface area contributed by atoms with E-state index < -0.39 is 255 Å². The van der Waals surface area contributed by atoms with Crippen molar-refractivity contribution in [3.05, 3.63) is 102 Å². The second-order valence-electron chi connectivity index (χ2n) is 34.2. The van der Waals surface area contributed by atoms with E-state index in [1.807, 2.05) is 0 Å². The van der Waals surface area contributed by atoms with Crippen molar-refractivity contribution in [1.82, 2.24) is 84.4 Å². The lowest BCUT2D eigenvalue weighted by Crippen LogP contribution is -2.62. The van der Waals surface area contributed by atoms with Gasteiger partial charge in [0.2, 0.25) is 106 Å². The van der Waals surface area contributed by atoms with Crippen molar-refractivity contribution >= 4 is 159 Å². The number of hydrogen-bond donors (Lipinski definition) is 25. The van der Waals surface area contributed by atoms with Gasteiger partial charge in [0.15, 0.2) is 0 Å². The van der Waals surface area contributed by atoms with E-state index in [-0.39, 0.29) is 56.1 Å². The first-order chi connectivity index (χ1) is 64.7. The number of H-pyrrole nitrogens is 2. The van der Waals surface area contributed by atoms with Crippen molar-refractivity contribution < 1.29 is 106 Å². The largest absolute Gasteiger partial charge is 0.508 e. The number of carboxylic acid groups (broad SMARTS) is 1. The number of phenolic OH excluding ortho intramolecular Hbond substituents is 1. The molecule has 27 N–H and O–H groups in total. The number of carbonyl (C=O) groups excluding carboxylic acids is 18. The molecular weight excluding hydrogens is 1800 g/mol. The van der Waals surface area contributed by atoms with Crippen LogP contribution in [0.1, 0.15) is 212 Å². The van der Waals surface area contributed by atoms with Gasteiger partial charge < -0.3 is 123 Å². The molecule has 3 aromatic carbocycles. The summed E-state index contributed by atoms with van der Waals surface area (Å²) in [5.74, 6) is -20.8. The lowest BCUT2D eigenvalue weighted by Gasteiger charge is -2.29. The Labute approximate surface area is 800 Å². The summed E-state index contributed by atoms with van der Waals surface area (Å²) in [5, 5.41) is 67.5. The highest BCUT2D eigenvalue weighted by molar-refractivity contribution is 7.80. The molecule has 0 aliphatic carbocycles. The van der Waals surface area contributed by atoms with E-state index in [4.69, 9.17) is 22.9 Å². The number of phenols is 1. The number of para-hydroxylation sites is 2. The summed E-state index contributed by atoms with van der Waals surface area (Å²) < 4.78 is 0. The van der Waals surface area contributed by atoms with Crippen LogP contribution in [0.4, 0.5) is 0 Å². The van der Waals surface area contributed by atoms with Crippen molar-refractivity contribution in [2.45, 2.75) is 293 Å². The number of aliphatic carboxylic acids is 1. The summed E-state index contributed by atoms with van der Waals surface area (Å²) >= 11 is 8.48. The zero-order chi connectivity index (χ0) is 101. The van der Waals surface area contributed by atoms with Crippen LogP contribution in [0, 0.1) is 5.92 Å². The molecule has 0 bridgehead atoms. The Bertz CT molecular complexity index is 4860. The van der Waals surface area contributed by atoms with Gasteiger partial charge in [0.1, 0.15) is 78.3 Å². The SMILES string of the molecule is CCCCCCCCCCCCCCCC(=O)NCCCC[C@H](NC(=O)[C@H](CC(N)=O)NC(=O)[C@H](CCC(=O)O)NC(=O)[C@H](CC(C)C)NC(=O)[C@H](Cc1c[nH]c2ccccc12)NC(=O)[C@H](Cc1ccc(O)cc1)NC(=O)[C@H](CS)NC(=O)[C@H](CCC(N)=O)NC(=O)[C@H](Cc1c[nH]c2ccccc12)NC(=O)[C@@H](NC(=O)[C@H](CCC(N)=O)NC(=O)[C@H](CS)NC(C)=O)[C@@H](C)O)C(=O)NCC(N)=O. The molecule has 2 aromatic heterocycles. The van der Waals surface area contributed by atoms with Gasteiger partial charge in [-0.15, -0.1) is 0 Å². The summed E-state index contributed by atoms with van der Waals surface area (Å²) in [4.78, 5) is 266. The number of primary amides is 4. The van der Waals surface area contributed by atoms with Crippen LogP contribution in [0.15, 0.2) is 85.2 Å². The highest BCUT2D eigenvalue weighted by Gasteiger charge is 2.40. The van der Waals surface area contributed by atoms with Crippen LogP contribution >= 0.6 is 25.3 Å². The highest BCUT2D eigenvalue weighted by Crippen LogP contribution is 2.24. The number of benzene rings is 3. The predicted octanol–water partition coefficient (Wildman–Crippen LogP) is 0.147. The molecule has 0 radical (unpaired) electrons. The number of carbonyl (C=O) groups is 19. The minimum atomic E-state index is -1.93. The van der Waals surface area contributed by atoms with E-state index in [2.05, 4.69) is 117 Å². The van der Waals surface area contributed by atoms with Crippen molar-refractivity contribution in [3.8, 4) is 5.75 Å². The zero-order valence-electron chi connectivity index (χ0n) is 77.6. The Morgan fingerprint density at radius 1 is 0.375 bits per heavy atom. The molecule has 0 spiro atoms. The summed E-state index contributed by atoms with van der Waals surface area (Å²) in [6, 6.07) is -1.33. The molecule has 0 aliphatic rings. The third-order valence-corrected chi connectivity index (χ3v) is 23.1. The Kier molecular flexibility index (Phi) is 50.5. The highest BCUT2D eigenvalue weighted by atomic mass is 32.1. The number of carboxylic acids is 1. The van der Waals surface area contributed by atoms with E-state index in [9.17, 15) is 96.8 Å². The molecular formula is C92H136N20O22S2. The molecule has 18 amide bonds. The molecule has 44 heteroatoms. The maximum atomic E-state index is 15.3. The first-order valence-electron chi connectivity index (χ1n) is 46.0. The maximum Gasteiger partial charge on any atom is 0.303 e. The van der Waals surface area contributed by atoms with Crippen LogP contribution < -0.4 is 97.4 Å². The van der Waals surface area contributed by atoms with Gasteiger partial charge in [-0.05, 0) is 105 Å². The fourth-order valence-corrected chi connectivity index (χ4v) is 15.5. The molecule has 5 rings (SSSR count). The first kappa shape index (κ1) is 114. The number of thiol groups is 2. The van der Waals surface area contributed by atoms with Crippen molar-refractivity contribution in [2.75, 3.05) is 24.6 Å². The average Bonchev–Trinajstić information content (AvgIpc) is 1.70. The topological polar surface area (TPSA) is 689 Å². The van der Waals surface area contributed by atoms with Gasteiger partial charge in [0.05, 0.1) is 19.1 Å². The van der Waals surface area contributed by atoms with Gasteiger partial charge in [-0.1, -0.05) is 146 Å². The average molecular weight is 1940 g/mol. The lowest BCUT2D eigenvalue weighted by molar-refractivity contribution is -0.139. The van der Waals surface area contributed by atoms with Crippen LogP contribution in [-0.4, -0.2) is 241 Å². The minimum absolute atomic E-state index is 0.101. The van der Waals surface area contributed by atoms with Crippen LogP contribution in [-0.2, 0) is 110 Å². The number of hydrogen-bond acceptors (Lipinski definition) is 23. The quantitative estimate of drug-likeness (QED) is 0.0182. The van der Waals surface area contributed by atoms with Gasteiger partial charge in [-0.2, -0.15) is 25.3 Å². The van der Waals surface area contributed by atoms with Gasteiger partial charge in [-0.3, -0.25) is 91.1 Å². The smallest absolute Gasteiger partial charge is 0.303 e. The number of fused-ring (bicyclic) bond motifs is 2. The molecule has 0 aliphatic heterocycles. The molecule has 748 valence electrons. The molecule has 0 saturated carbocycles. The molecule has 0 fully saturated rings. The number of aromatic amines is 2. The first-order valence-corrected chi connectivity index (χ1v) is 47.3. The Balaban J connectivity index is 1.40. The van der Waals surface area contributed by atoms with Gasteiger partial charge in [0.25, 0.3) is 0 Å². The zero-order valence-corrected chi connectivity index (χ0v) is 79.4. The van der Waals surface area contributed by atoms with E-state index in [1.165, 1.54) is 81.8 Å². The molecule has 0 saturated heterocycles.